The predicted molar refractivity (Wildman–Crippen MR) is 77.5 cm³/mol. The quantitative estimate of drug-likeness (QED) is 0.354. The van der Waals surface area contributed by atoms with Crippen molar-refractivity contribution in [1.82, 2.24) is 9.97 Å². The number of aldehydes is 1. The molecule has 0 aliphatic rings. The number of hydrogen-bond acceptors (Lipinski definition) is 4. The molecule has 0 bridgehead atoms. The maximum Gasteiger partial charge on any atom is 0.226 e. The maximum absolute atomic E-state index is 10.6. The molecule has 0 N–H and O–H groups in total. The summed E-state index contributed by atoms with van der Waals surface area (Å²) in [6.07, 6.45) is 7.36. The van der Waals surface area contributed by atoms with Crippen molar-refractivity contribution in [3.05, 3.63) is 53.7 Å². The number of aromatic nitrogens is 2. The average Bonchev–Trinajstić information content (AvgIpc) is 2.41. The SMILES string of the molecule is C=C/C=C(\C=C/C)Oc1cc(C=O)nc(Cl)n1.CC. The fourth-order valence-electron chi connectivity index (χ4n) is 1.05. The smallest absolute Gasteiger partial charge is 0.226 e. The largest absolute Gasteiger partial charge is 0.439 e. The van der Waals surface area contributed by atoms with E-state index in [1.54, 1.807) is 24.3 Å². The van der Waals surface area contributed by atoms with Crippen LogP contribution in [0, 0.1) is 0 Å². The number of nitrogens with zero attached hydrogens (tertiary/aromatic N) is 2. The molecule has 0 radical (unpaired) electrons. The summed E-state index contributed by atoms with van der Waals surface area (Å²) < 4.78 is 5.43. The Labute approximate surface area is 118 Å². The summed E-state index contributed by atoms with van der Waals surface area (Å²) in [5, 5.41) is -0.0389. The summed E-state index contributed by atoms with van der Waals surface area (Å²) in [4.78, 5) is 18.1. The van der Waals surface area contributed by atoms with Gasteiger partial charge in [0.05, 0.1) is 0 Å². The molecule has 5 heteroatoms. The van der Waals surface area contributed by atoms with Crippen LogP contribution in [0.1, 0.15) is 31.3 Å². The number of ether oxygens (including phenoxy) is 1. The Kier molecular flexibility index (Phi) is 9.00. The molecular formula is C14H17ClN2O2. The van der Waals surface area contributed by atoms with Gasteiger partial charge in [-0.15, -0.1) is 0 Å². The number of allylic oxidation sites excluding steroid dienone is 4. The summed E-state index contributed by atoms with van der Waals surface area (Å²) in [5.74, 6) is 0.743. The van der Waals surface area contributed by atoms with E-state index >= 15 is 0 Å². The number of rotatable bonds is 5. The Bertz CT molecular complexity index is 482. The highest BCUT2D eigenvalue weighted by Gasteiger charge is 2.04. The van der Waals surface area contributed by atoms with Crippen molar-refractivity contribution in [2.24, 2.45) is 0 Å². The normalized spacial score (nSPS) is 10.6. The third kappa shape index (κ3) is 6.52. The van der Waals surface area contributed by atoms with Crippen molar-refractivity contribution in [2.45, 2.75) is 20.8 Å². The minimum atomic E-state index is -0.0389. The zero-order valence-corrected chi connectivity index (χ0v) is 12.0. The summed E-state index contributed by atoms with van der Waals surface area (Å²) in [7, 11) is 0. The van der Waals surface area contributed by atoms with Gasteiger partial charge in [0, 0.05) is 6.07 Å². The lowest BCUT2D eigenvalue weighted by molar-refractivity contribution is 0.111. The molecule has 0 atom stereocenters. The van der Waals surface area contributed by atoms with Gasteiger partial charge in [0.1, 0.15) is 11.5 Å². The van der Waals surface area contributed by atoms with Gasteiger partial charge < -0.3 is 4.74 Å². The third-order valence-corrected chi connectivity index (χ3v) is 1.82. The Balaban J connectivity index is 0.00000154. The van der Waals surface area contributed by atoms with Crippen molar-refractivity contribution in [3.8, 4) is 5.88 Å². The summed E-state index contributed by atoms with van der Waals surface area (Å²) in [6.45, 7) is 9.42. The van der Waals surface area contributed by atoms with Crippen LogP contribution in [-0.4, -0.2) is 16.3 Å². The molecule has 0 aromatic carbocycles. The van der Waals surface area contributed by atoms with E-state index in [4.69, 9.17) is 16.3 Å². The lowest BCUT2D eigenvalue weighted by Gasteiger charge is -2.05. The van der Waals surface area contributed by atoms with E-state index in [2.05, 4.69) is 16.5 Å². The first-order valence-electron chi connectivity index (χ1n) is 5.82. The molecule has 0 saturated carbocycles. The van der Waals surface area contributed by atoms with Gasteiger partial charge in [-0.05, 0) is 30.7 Å². The fraction of sp³-hybridized carbons (Fsp3) is 0.214. The molecule has 0 unspecified atom stereocenters. The van der Waals surface area contributed by atoms with Crippen LogP contribution in [0.2, 0.25) is 5.28 Å². The second-order valence-corrected chi connectivity index (χ2v) is 3.26. The van der Waals surface area contributed by atoms with Gasteiger partial charge in [-0.3, -0.25) is 4.79 Å². The summed E-state index contributed by atoms with van der Waals surface area (Å²) in [5.41, 5.74) is 0.165. The van der Waals surface area contributed by atoms with Gasteiger partial charge in [0.25, 0.3) is 0 Å². The van der Waals surface area contributed by atoms with E-state index in [-0.39, 0.29) is 16.9 Å². The first kappa shape index (κ1) is 17.1. The monoisotopic (exact) mass is 280 g/mol. The Morgan fingerprint density at radius 3 is 2.63 bits per heavy atom. The molecule has 1 aromatic rings. The molecule has 1 rings (SSSR count). The van der Waals surface area contributed by atoms with E-state index in [9.17, 15) is 4.79 Å². The number of halogens is 1. The molecule has 0 aliphatic carbocycles. The van der Waals surface area contributed by atoms with Crippen LogP contribution in [0.4, 0.5) is 0 Å². The van der Waals surface area contributed by atoms with Gasteiger partial charge in [-0.2, -0.15) is 4.98 Å². The van der Waals surface area contributed by atoms with E-state index in [1.165, 1.54) is 6.07 Å². The molecule has 4 nitrogen and oxygen atoms in total. The molecule has 0 fully saturated rings. The lowest BCUT2D eigenvalue weighted by atomic mass is 10.4. The van der Waals surface area contributed by atoms with Gasteiger partial charge in [-0.25, -0.2) is 4.98 Å². The van der Waals surface area contributed by atoms with E-state index in [1.807, 2.05) is 20.8 Å². The average molecular weight is 281 g/mol. The standard InChI is InChI=1S/C12H11ClN2O2.C2H6/c1-3-5-10(6-4-2)17-11-7-9(8-16)14-12(13)15-11;1-2/h3-8H,1H2,2H3;1-2H3/b6-4-,10-5+;. The maximum atomic E-state index is 10.6. The van der Waals surface area contributed by atoms with E-state index < -0.39 is 0 Å². The fourth-order valence-corrected chi connectivity index (χ4v) is 1.23. The highest BCUT2D eigenvalue weighted by molar-refractivity contribution is 6.28. The molecule has 0 saturated heterocycles. The zero-order chi connectivity index (χ0) is 14.7. The van der Waals surface area contributed by atoms with Crippen molar-refractivity contribution < 1.29 is 9.53 Å². The topological polar surface area (TPSA) is 52.1 Å². The van der Waals surface area contributed by atoms with Crippen LogP contribution < -0.4 is 4.74 Å². The van der Waals surface area contributed by atoms with E-state index in [0.29, 0.717) is 12.0 Å². The van der Waals surface area contributed by atoms with Crippen LogP contribution >= 0.6 is 11.6 Å². The molecule has 19 heavy (non-hydrogen) atoms. The van der Waals surface area contributed by atoms with E-state index in [0.717, 1.165) is 0 Å². The van der Waals surface area contributed by atoms with Crippen molar-refractivity contribution >= 4 is 17.9 Å². The number of carbonyl (C=O) groups excluding carboxylic acids is 1. The van der Waals surface area contributed by atoms with Gasteiger partial charge in [-0.1, -0.05) is 32.6 Å². The number of hydrogen-bond donors (Lipinski definition) is 0. The Morgan fingerprint density at radius 1 is 1.42 bits per heavy atom. The van der Waals surface area contributed by atoms with Crippen LogP contribution in [-0.2, 0) is 0 Å². The minimum absolute atomic E-state index is 0.0389. The lowest BCUT2D eigenvalue weighted by Crippen LogP contribution is -1.98. The molecule has 1 heterocycles. The second kappa shape index (κ2) is 10.0. The van der Waals surface area contributed by atoms with Crippen molar-refractivity contribution in [2.75, 3.05) is 0 Å². The summed E-state index contributed by atoms with van der Waals surface area (Å²) >= 11 is 5.65. The van der Waals surface area contributed by atoms with Crippen LogP contribution in [0.15, 0.2) is 42.7 Å². The van der Waals surface area contributed by atoms with Crippen molar-refractivity contribution in [3.63, 3.8) is 0 Å². The van der Waals surface area contributed by atoms with Gasteiger partial charge in [0.2, 0.25) is 11.2 Å². The molecule has 0 spiro atoms. The Hall–Kier alpha value is -1.94. The highest BCUT2D eigenvalue weighted by atomic mass is 35.5. The zero-order valence-electron chi connectivity index (χ0n) is 11.3. The van der Waals surface area contributed by atoms with Crippen molar-refractivity contribution in [1.29, 1.82) is 0 Å². The molecule has 0 aliphatic heterocycles. The molecule has 102 valence electrons. The second-order valence-electron chi connectivity index (χ2n) is 2.92. The van der Waals surface area contributed by atoms with Crippen LogP contribution in [0.5, 0.6) is 5.88 Å². The summed E-state index contributed by atoms with van der Waals surface area (Å²) in [6, 6.07) is 1.40. The molecule has 0 amide bonds. The highest BCUT2D eigenvalue weighted by Crippen LogP contribution is 2.15. The molecule has 1 aromatic heterocycles. The van der Waals surface area contributed by atoms with Crippen LogP contribution in [0.3, 0.4) is 0 Å². The predicted octanol–water partition coefficient (Wildman–Crippen LogP) is 3.99. The first-order chi connectivity index (χ1) is 9.19. The molecular weight excluding hydrogens is 264 g/mol. The first-order valence-corrected chi connectivity index (χ1v) is 6.20. The van der Waals surface area contributed by atoms with Gasteiger partial charge >= 0.3 is 0 Å². The number of carbonyl (C=O) groups is 1. The third-order valence-electron chi connectivity index (χ3n) is 1.65. The van der Waals surface area contributed by atoms with Gasteiger partial charge in [0.15, 0.2) is 6.29 Å². The minimum Gasteiger partial charge on any atom is -0.439 e. The van der Waals surface area contributed by atoms with Crippen LogP contribution in [0.25, 0.3) is 0 Å². The Morgan fingerprint density at radius 2 is 2.11 bits per heavy atom.